The molecule has 13 heavy (non-hydrogen) atoms. The van der Waals surface area contributed by atoms with Gasteiger partial charge in [-0.05, 0) is 13.8 Å². The van der Waals surface area contributed by atoms with Crippen LogP contribution in [0, 0.1) is 0 Å². The molecule has 4 N–H and O–H groups in total. The van der Waals surface area contributed by atoms with Crippen molar-refractivity contribution in [3.8, 4) is 0 Å². The molecule has 72 valence electrons. The lowest BCUT2D eigenvalue weighted by Gasteiger charge is -2.25. The molecule has 0 bridgehead atoms. The van der Waals surface area contributed by atoms with Crippen molar-refractivity contribution in [3.05, 3.63) is 20.4 Å². The van der Waals surface area contributed by atoms with E-state index in [9.17, 15) is 9.59 Å². The fourth-order valence-corrected chi connectivity index (χ4v) is 0.911. The summed E-state index contributed by atoms with van der Waals surface area (Å²) >= 11 is 0. The highest BCUT2D eigenvalue weighted by Gasteiger charge is 2.24. The number of aliphatic hydroxyl groups excluding tert-OH is 1. The summed E-state index contributed by atoms with van der Waals surface area (Å²) in [5.41, 5.74) is 3.44. The van der Waals surface area contributed by atoms with Gasteiger partial charge in [0.2, 0.25) is 0 Å². The number of hydrogen-bond donors (Lipinski definition) is 3. The highest BCUT2D eigenvalue weighted by molar-refractivity contribution is 5.71. The normalized spacial score (nSPS) is 11.9. The van der Waals surface area contributed by atoms with E-state index in [1.807, 2.05) is 0 Å². The van der Waals surface area contributed by atoms with Gasteiger partial charge in [-0.1, -0.05) is 0 Å². The van der Waals surface area contributed by atoms with E-state index in [1.165, 1.54) is 0 Å². The van der Waals surface area contributed by atoms with Gasteiger partial charge < -0.3 is 16.2 Å². The van der Waals surface area contributed by atoms with Crippen molar-refractivity contribution < 1.29 is 5.11 Å². The van der Waals surface area contributed by atoms with Crippen LogP contribution in [0.25, 0.3) is 0 Å². The Morgan fingerprint density at radius 1 is 1.38 bits per heavy atom. The van der Waals surface area contributed by atoms with Crippen molar-refractivity contribution in [3.63, 3.8) is 0 Å². The van der Waals surface area contributed by atoms with Gasteiger partial charge in [0.25, 0.3) is 10.9 Å². The molecule has 5 heteroatoms. The van der Waals surface area contributed by atoms with Crippen molar-refractivity contribution in [2.75, 3.05) is 17.7 Å². The van der Waals surface area contributed by atoms with Crippen molar-refractivity contribution in [1.29, 1.82) is 0 Å². The van der Waals surface area contributed by atoms with E-state index in [-0.39, 0.29) is 18.0 Å². The van der Waals surface area contributed by atoms with Crippen LogP contribution in [0.1, 0.15) is 13.8 Å². The first-order valence-electron chi connectivity index (χ1n) is 3.87. The summed E-state index contributed by atoms with van der Waals surface area (Å²) in [5.74, 6) is 0. The molecule has 0 saturated heterocycles. The first-order chi connectivity index (χ1) is 5.89. The Morgan fingerprint density at radius 2 is 1.92 bits per heavy atom. The van der Waals surface area contributed by atoms with Gasteiger partial charge in [0.1, 0.15) is 11.4 Å². The first-order valence-corrected chi connectivity index (χ1v) is 3.87. The zero-order valence-electron chi connectivity index (χ0n) is 7.55. The number of aliphatic hydroxyl groups is 1. The third kappa shape index (κ3) is 1.55. The number of nitrogens with one attached hydrogen (secondary N) is 1. The summed E-state index contributed by atoms with van der Waals surface area (Å²) in [5, 5.41) is 11.6. The quantitative estimate of drug-likeness (QED) is 0.526. The molecule has 0 unspecified atom stereocenters. The molecule has 0 aliphatic carbocycles. The third-order valence-electron chi connectivity index (χ3n) is 1.81. The van der Waals surface area contributed by atoms with Gasteiger partial charge in [-0.15, -0.1) is 0 Å². The number of rotatable bonds is 3. The second-order valence-electron chi connectivity index (χ2n) is 3.61. The lowest BCUT2D eigenvalue weighted by Crippen LogP contribution is -2.44. The Kier molecular flexibility index (Phi) is 2.13. The van der Waals surface area contributed by atoms with Crippen molar-refractivity contribution in [2.45, 2.75) is 19.4 Å². The fourth-order valence-electron chi connectivity index (χ4n) is 0.911. The maximum atomic E-state index is 10.9. The zero-order chi connectivity index (χ0) is 10.2. The SMILES string of the molecule is CC(C)(CO)Nc1c(N)c(=O)c1=O. The Morgan fingerprint density at radius 3 is 2.31 bits per heavy atom. The molecule has 0 atom stereocenters. The highest BCUT2D eigenvalue weighted by Crippen LogP contribution is 2.15. The van der Waals surface area contributed by atoms with Gasteiger partial charge in [-0.25, -0.2) is 0 Å². The topological polar surface area (TPSA) is 92.4 Å². The van der Waals surface area contributed by atoms with Crippen molar-refractivity contribution >= 4 is 11.4 Å². The van der Waals surface area contributed by atoms with Crippen molar-refractivity contribution in [2.24, 2.45) is 0 Å². The minimum atomic E-state index is -0.656. The molecule has 0 aliphatic rings. The summed E-state index contributed by atoms with van der Waals surface area (Å²) in [7, 11) is 0. The molecule has 0 radical (unpaired) electrons. The molecule has 1 aromatic carbocycles. The molecule has 5 nitrogen and oxygen atoms in total. The van der Waals surface area contributed by atoms with E-state index in [4.69, 9.17) is 10.8 Å². The van der Waals surface area contributed by atoms with E-state index in [1.54, 1.807) is 13.8 Å². The van der Waals surface area contributed by atoms with Crippen LogP contribution >= 0.6 is 0 Å². The first kappa shape index (κ1) is 9.73. The number of nitrogen functional groups attached to an aromatic ring is 1. The molecular weight excluding hydrogens is 172 g/mol. The molecule has 0 saturated carbocycles. The molecule has 0 aliphatic heterocycles. The minimum absolute atomic E-state index is 0.0495. The van der Waals surface area contributed by atoms with Crippen LogP contribution in [0.15, 0.2) is 9.59 Å². The predicted octanol–water partition coefficient (Wildman–Crippen LogP) is -0.952. The summed E-state index contributed by atoms with van der Waals surface area (Å²) in [6.45, 7) is 3.25. The summed E-state index contributed by atoms with van der Waals surface area (Å²) in [4.78, 5) is 21.6. The summed E-state index contributed by atoms with van der Waals surface area (Å²) in [6.07, 6.45) is 0. The average Bonchev–Trinajstić information content (AvgIpc) is 2.12. The van der Waals surface area contributed by atoms with Crippen LogP contribution in [0.2, 0.25) is 0 Å². The van der Waals surface area contributed by atoms with Gasteiger partial charge >= 0.3 is 0 Å². The van der Waals surface area contributed by atoms with Crippen LogP contribution < -0.4 is 21.9 Å². The number of anilines is 2. The van der Waals surface area contributed by atoms with Crippen molar-refractivity contribution in [1.82, 2.24) is 0 Å². The van der Waals surface area contributed by atoms with E-state index in [2.05, 4.69) is 5.32 Å². The monoisotopic (exact) mass is 184 g/mol. The van der Waals surface area contributed by atoms with Gasteiger partial charge in [0, 0.05) is 0 Å². The Balaban J connectivity index is 2.90. The second-order valence-corrected chi connectivity index (χ2v) is 3.61. The van der Waals surface area contributed by atoms with Gasteiger partial charge in [-0.2, -0.15) is 0 Å². The van der Waals surface area contributed by atoms with Crippen LogP contribution in [0.5, 0.6) is 0 Å². The zero-order valence-corrected chi connectivity index (χ0v) is 7.55. The lowest BCUT2D eigenvalue weighted by molar-refractivity contribution is 0.234. The molecule has 1 rings (SSSR count). The van der Waals surface area contributed by atoms with Crippen LogP contribution in [0.4, 0.5) is 11.4 Å². The molecule has 1 aromatic rings. The Labute approximate surface area is 74.9 Å². The second kappa shape index (κ2) is 2.85. The maximum Gasteiger partial charge on any atom is 0.253 e. The van der Waals surface area contributed by atoms with Crippen LogP contribution in [-0.4, -0.2) is 17.3 Å². The standard InChI is InChI=1S/C8H12N2O3/c1-8(2,3-11)10-5-4(9)6(12)7(5)13/h10-11H,3,9H2,1-2H3. The van der Waals surface area contributed by atoms with E-state index in [0.29, 0.717) is 0 Å². The molecule has 0 heterocycles. The third-order valence-corrected chi connectivity index (χ3v) is 1.81. The number of hydrogen-bond acceptors (Lipinski definition) is 5. The fraction of sp³-hybridized carbons (Fsp3) is 0.500. The highest BCUT2D eigenvalue weighted by atomic mass is 16.3. The largest absolute Gasteiger partial charge is 0.394 e. The van der Waals surface area contributed by atoms with Gasteiger partial charge in [-0.3, -0.25) is 9.59 Å². The molecular formula is C8H12N2O3. The average molecular weight is 184 g/mol. The number of nitrogens with two attached hydrogens (primary N) is 1. The van der Waals surface area contributed by atoms with E-state index in [0.717, 1.165) is 0 Å². The van der Waals surface area contributed by atoms with E-state index < -0.39 is 16.4 Å². The smallest absolute Gasteiger partial charge is 0.253 e. The summed E-state index contributed by atoms with van der Waals surface area (Å²) in [6, 6.07) is 0. The Hall–Kier alpha value is -1.36. The van der Waals surface area contributed by atoms with Crippen LogP contribution in [0.3, 0.4) is 0 Å². The van der Waals surface area contributed by atoms with Gasteiger partial charge in [0.15, 0.2) is 0 Å². The molecule has 0 fully saturated rings. The Bertz CT molecular complexity index is 388. The van der Waals surface area contributed by atoms with E-state index >= 15 is 0 Å². The minimum Gasteiger partial charge on any atom is -0.394 e. The predicted molar refractivity (Wildman–Crippen MR) is 50.6 cm³/mol. The van der Waals surface area contributed by atoms with Gasteiger partial charge in [0.05, 0.1) is 12.1 Å². The molecule has 0 amide bonds. The lowest BCUT2D eigenvalue weighted by atomic mass is 10.0. The maximum absolute atomic E-state index is 10.9. The molecule has 0 aromatic heterocycles. The van der Waals surface area contributed by atoms with Crippen LogP contribution in [-0.2, 0) is 0 Å². The summed E-state index contributed by atoms with van der Waals surface area (Å²) < 4.78 is 0. The molecule has 0 spiro atoms.